The smallest absolute Gasteiger partial charge is 0.369 e. The Morgan fingerprint density at radius 1 is 1.37 bits per heavy atom. The van der Waals surface area contributed by atoms with Crippen molar-refractivity contribution in [2.75, 3.05) is 0 Å². The molecule has 5 nitrogen and oxygen atoms in total. The van der Waals surface area contributed by atoms with Gasteiger partial charge in [-0.3, -0.25) is 11.2 Å². The van der Waals surface area contributed by atoms with E-state index in [1.807, 2.05) is 0 Å². The van der Waals surface area contributed by atoms with Gasteiger partial charge in [-0.2, -0.15) is 18.6 Å². The molecule has 104 valence electrons. The van der Waals surface area contributed by atoms with E-state index in [-0.39, 0.29) is 21.0 Å². The van der Waals surface area contributed by atoms with Crippen LogP contribution in [0.2, 0.25) is 5.02 Å². The molecule has 1 aromatic carbocycles. The van der Waals surface area contributed by atoms with E-state index < -0.39 is 17.5 Å². The van der Waals surface area contributed by atoms with E-state index in [1.54, 1.807) is 0 Å². The third kappa shape index (κ3) is 2.64. The van der Waals surface area contributed by atoms with Gasteiger partial charge in [0.25, 0.3) is 0 Å². The SMILES string of the molecule is NC1=NC(N)(c2cc(Cl)c(Br)c(C(F)(F)F)c2)NN1. The summed E-state index contributed by atoms with van der Waals surface area (Å²) in [6.07, 6.45) is -4.57. The van der Waals surface area contributed by atoms with Gasteiger partial charge in [-0.15, -0.1) is 0 Å². The second-order valence-electron chi connectivity index (χ2n) is 3.83. The average molecular weight is 359 g/mol. The van der Waals surface area contributed by atoms with Gasteiger partial charge < -0.3 is 5.73 Å². The number of hydrazine groups is 1. The highest BCUT2D eigenvalue weighted by Gasteiger charge is 2.38. The summed E-state index contributed by atoms with van der Waals surface area (Å²) in [7, 11) is 0. The Morgan fingerprint density at radius 2 is 2.00 bits per heavy atom. The van der Waals surface area contributed by atoms with Crippen LogP contribution in [0.4, 0.5) is 13.2 Å². The topological polar surface area (TPSA) is 88.5 Å². The Morgan fingerprint density at radius 3 is 2.47 bits per heavy atom. The number of aliphatic imine (C=N–C) groups is 1. The molecule has 0 bridgehead atoms. The summed E-state index contributed by atoms with van der Waals surface area (Å²) in [6.45, 7) is 0. The highest BCUT2D eigenvalue weighted by atomic mass is 79.9. The molecule has 0 saturated carbocycles. The van der Waals surface area contributed by atoms with Crippen LogP contribution in [0.5, 0.6) is 0 Å². The zero-order chi connectivity index (χ0) is 14.4. The highest BCUT2D eigenvalue weighted by Crippen LogP contribution is 2.40. The fourth-order valence-corrected chi connectivity index (χ4v) is 2.23. The number of hydrogen-bond acceptors (Lipinski definition) is 5. The third-order valence-electron chi connectivity index (χ3n) is 2.45. The summed E-state index contributed by atoms with van der Waals surface area (Å²) in [5.41, 5.74) is 15.2. The number of benzene rings is 1. The molecule has 2 rings (SSSR count). The molecule has 1 aliphatic heterocycles. The van der Waals surface area contributed by atoms with Crippen molar-refractivity contribution < 1.29 is 13.2 Å². The van der Waals surface area contributed by atoms with Gasteiger partial charge in [0.05, 0.1) is 10.6 Å². The number of hydrogen-bond donors (Lipinski definition) is 4. The molecule has 10 heteroatoms. The van der Waals surface area contributed by atoms with Gasteiger partial charge in [-0.25, -0.2) is 4.99 Å². The first-order valence-corrected chi connectivity index (χ1v) is 6.05. The van der Waals surface area contributed by atoms with E-state index in [4.69, 9.17) is 23.1 Å². The maximum Gasteiger partial charge on any atom is 0.417 e. The molecule has 1 unspecified atom stereocenters. The number of nitrogens with one attached hydrogen (secondary N) is 2. The summed E-state index contributed by atoms with van der Waals surface area (Å²) in [5.74, 6) is -1.64. The molecule has 0 fully saturated rings. The fourth-order valence-electron chi connectivity index (χ4n) is 1.56. The van der Waals surface area contributed by atoms with Crippen LogP contribution in [0.3, 0.4) is 0 Å². The van der Waals surface area contributed by atoms with E-state index in [9.17, 15) is 13.2 Å². The summed E-state index contributed by atoms with van der Waals surface area (Å²) >= 11 is 8.57. The van der Waals surface area contributed by atoms with Crippen molar-refractivity contribution in [3.8, 4) is 0 Å². The van der Waals surface area contributed by atoms with E-state index in [1.165, 1.54) is 6.07 Å². The van der Waals surface area contributed by atoms with E-state index >= 15 is 0 Å². The van der Waals surface area contributed by atoms with Crippen LogP contribution < -0.4 is 22.3 Å². The summed E-state index contributed by atoms with van der Waals surface area (Å²) in [5, 5.41) is -0.128. The van der Waals surface area contributed by atoms with Crippen LogP contribution >= 0.6 is 27.5 Å². The largest absolute Gasteiger partial charge is 0.417 e. The number of nitrogens with zero attached hydrogens (tertiary/aromatic N) is 1. The van der Waals surface area contributed by atoms with Crippen molar-refractivity contribution >= 4 is 33.5 Å². The Kier molecular flexibility index (Phi) is 3.42. The van der Waals surface area contributed by atoms with Crippen molar-refractivity contribution in [2.24, 2.45) is 16.5 Å². The average Bonchev–Trinajstić information content (AvgIpc) is 2.62. The summed E-state index contributed by atoms with van der Waals surface area (Å²) in [4.78, 5) is 3.79. The predicted molar refractivity (Wildman–Crippen MR) is 67.9 cm³/mol. The number of nitrogens with two attached hydrogens (primary N) is 2. The molecule has 0 saturated heterocycles. The molecule has 1 aliphatic rings. The first-order valence-electron chi connectivity index (χ1n) is 4.87. The van der Waals surface area contributed by atoms with Crippen molar-refractivity contribution in [3.05, 3.63) is 32.8 Å². The maximum atomic E-state index is 12.9. The van der Waals surface area contributed by atoms with E-state index in [2.05, 4.69) is 31.8 Å². The zero-order valence-electron chi connectivity index (χ0n) is 9.15. The molecule has 0 amide bonds. The lowest BCUT2D eigenvalue weighted by Crippen LogP contribution is -2.50. The van der Waals surface area contributed by atoms with Gasteiger partial charge in [0.1, 0.15) is 0 Å². The molecular formula is C9H8BrClF3N5. The van der Waals surface area contributed by atoms with Gasteiger partial charge >= 0.3 is 6.18 Å². The van der Waals surface area contributed by atoms with Crippen LogP contribution in [-0.4, -0.2) is 5.96 Å². The maximum absolute atomic E-state index is 12.9. The number of rotatable bonds is 1. The number of alkyl halides is 3. The molecule has 1 atom stereocenters. The first-order chi connectivity index (χ1) is 8.63. The lowest BCUT2D eigenvalue weighted by molar-refractivity contribution is -0.138. The Hall–Kier alpha value is -1.03. The minimum absolute atomic E-state index is 0.0287. The molecule has 0 radical (unpaired) electrons. The van der Waals surface area contributed by atoms with Crippen molar-refractivity contribution in [1.82, 2.24) is 10.9 Å². The second-order valence-corrected chi connectivity index (χ2v) is 5.03. The monoisotopic (exact) mass is 357 g/mol. The number of halogens is 5. The van der Waals surface area contributed by atoms with E-state index in [0.29, 0.717) is 0 Å². The molecule has 19 heavy (non-hydrogen) atoms. The minimum Gasteiger partial charge on any atom is -0.369 e. The van der Waals surface area contributed by atoms with Crippen molar-refractivity contribution in [3.63, 3.8) is 0 Å². The van der Waals surface area contributed by atoms with Crippen LogP contribution in [0.1, 0.15) is 11.1 Å². The van der Waals surface area contributed by atoms with Crippen LogP contribution in [0.15, 0.2) is 21.6 Å². The summed E-state index contributed by atoms with van der Waals surface area (Å²) in [6, 6.07) is 2.13. The Balaban J connectivity index is 2.58. The first kappa shape index (κ1) is 14.4. The molecule has 0 aromatic heterocycles. The Labute approximate surface area is 119 Å². The summed E-state index contributed by atoms with van der Waals surface area (Å²) < 4.78 is 38.4. The van der Waals surface area contributed by atoms with Gasteiger partial charge in [0.15, 0.2) is 0 Å². The van der Waals surface area contributed by atoms with Crippen LogP contribution in [0.25, 0.3) is 0 Å². The zero-order valence-corrected chi connectivity index (χ0v) is 11.5. The van der Waals surface area contributed by atoms with E-state index in [0.717, 1.165) is 6.07 Å². The normalized spacial score (nSPS) is 23.2. The lowest BCUT2D eigenvalue weighted by atomic mass is 10.1. The third-order valence-corrected chi connectivity index (χ3v) is 3.83. The molecule has 0 spiro atoms. The van der Waals surface area contributed by atoms with Gasteiger partial charge in [0.2, 0.25) is 11.7 Å². The van der Waals surface area contributed by atoms with Gasteiger partial charge in [-0.1, -0.05) is 11.6 Å². The molecule has 0 aliphatic carbocycles. The fraction of sp³-hybridized carbons (Fsp3) is 0.222. The standard InChI is InChI=1S/C9H8BrClF3N5/c10-6-4(8(12,13)14)1-3(2-5(6)11)9(16)17-7(15)18-19-9/h1-2,19H,16H2,(H3,15,17,18). The molecule has 6 N–H and O–H groups in total. The lowest BCUT2D eigenvalue weighted by Gasteiger charge is -2.22. The van der Waals surface area contributed by atoms with Gasteiger partial charge in [-0.05, 0) is 28.1 Å². The Bertz CT molecular complexity index is 562. The minimum atomic E-state index is -4.57. The quantitative estimate of drug-likeness (QED) is 0.614. The predicted octanol–water partition coefficient (Wildman–Crippen LogP) is 1.61. The molecule has 1 aromatic rings. The van der Waals surface area contributed by atoms with Crippen molar-refractivity contribution in [1.29, 1.82) is 0 Å². The molecule has 1 heterocycles. The second kappa shape index (κ2) is 4.51. The molecular weight excluding hydrogens is 350 g/mol. The van der Waals surface area contributed by atoms with Crippen LogP contribution in [0, 0.1) is 0 Å². The van der Waals surface area contributed by atoms with Gasteiger partial charge in [0, 0.05) is 10.0 Å². The van der Waals surface area contributed by atoms with Crippen LogP contribution in [-0.2, 0) is 12.0 Å². The highest BCUT2D eigenvalue weighted by molar-refractivity contribution is 9.10. The van der Waals surface area contributed by atoms with Crippen molar-refractivity contribution in [2.45, 2.75) is 12.0 Å². The number of guanidine groups is 1.